The molecule has 0 radical (unpaired) electrons. The zero-order valence-corrected chi connectivity index (χ0v) is 21.1. The normalized spacial score (nSPS) is 21.0. The number of anilines is 1. The van der Waals surface area contributed by atoms with Crippen LogP contribution < -0.4 is 5.32 Å². The molecule has 0 unspecified atom stereocenters. The van der Waals surface area contributed by atoms with Gasteiger partial charge in [-0.05, 0) is 68.4 Å². The standard InChI is InChI=1S/C23H29FN4O5S2/c1-26-13-15-27(16-14-26)34(30,31)22-10-6-20(7-11-22)25-23(29)18-3-2-12-28(17-18)35(32,33)21-8-4-19(24)5-9-21/h4-11,18H,2-3,12-17H2,1H3,(H,25,29)/t18-/m1/s1. The Hall–Kier alpha value is -2.38. The van der Waals surface area contributed by atoms with Crippen LogP contribution in [-0.2, 0) is 24.8 Å². The summed E-state index contributed by atoms with van der Waals surface area (Å²) in [5.74, 6) is -1.42. The van der Waals surface area contributed by atoms with Gasteiger partial charge in [0.1, 0.15) is 5.82 Å². The maximum absolute atomic E-state index is 13.2. The molecule has 0 bridgehead atoms. The zero-order chi connectivity index (χ0) is 25.2. The molecule has 12 heteroatoms. The highest BCUT2D eigenvalue weighted by Crippen LogP contribution is 2.26. The van der Waals surface area contributed by atoms with E-state index < -0.39 is 31.8 Å². The number of rotatable bonds is 6. The number of sulfonamides is 2. The van der Waals surface area contributed by atoms with E-state index in [0.717, 1.165) is 12.1 Å². The molecule has 4 rings (SSSR count). The summed E-state index contributed by atoms with van der Waals surface area (Å²) in [6.45, 7) is 2.49. The van der Waals surface area contributed by atoms with E-state index in [1.807, 2.05) is 7.05 Å². The van der Waals surface area contributed by atoms with Gasteiger partial charge in [-0.15, -0.1) is 0 Å². The Kier molecular flexibility index (Phi) is 7.57. The maximum atomic E-state index is 13.2. The van der Waals surface area contributed by atoms with Gasteiger partial charge in [0.05, 0.1) is 15.7 Å². The SMILES string of the molecule is CN1CCN(S(=O)(=O)c2ccc(NC(=O)[C@@H]3CCCN(S(=O)(=O)c4ccc(F)cc4)C3)cc2)CC1. The smallest absolute Gasteiger partial charge is 0.243 e. The fourth-order valence-corrected chi connectivity index (χ4v) is 7.21. The van der Waals surface area contributed by atoms with Gasteiger partial charge in [-0.1, -0.05) is 0 Å². The van der Waals surface area contributed by atoms with Gasteiger partial charge in [0.25, 0.3) is 0 Å². The highest BCUT2D eigenvalue weighted by molar-refractivity contribution is 7.89. The fraction of sp³-hybridized carbons (Fsp3) is 0.435. The molecule has 1 N–H and O–H groups in total. The van der Waals surface area contributed by atoms with Crippen molar-refractivity contribution < 1.29 is 26.0 Å². The number of carbonyl (C=O) groups excluding carboxylic acids is 1. The molecule has 0 aliphatic carbocycles. The van der Waals surface area contributed by atoms with Crippen LogP contribution in [-0.4, -0.2) is 82.6 Å². The first-order valence-electron chi connectivity index (χ1n) is 11.4. The lowest BCUT2D eigenvalue weighted by atomic mass is 9.99. The summed E-state index contributed by atoms with van der Waals surface area (Å²) in [5, 5.41) is 2.77. The van der Waals surface area contributed by atoms with Crippen LogP contribution in [0.25, 0.3) is 0 Å². The minimum atomic E-state index is -3.84. The number of nitrogens with one attached hydrogen (secondary N) is 1. The molecular formula is C23H29FN4O5S2. The van der Waals surface area contributed by atoms with Gasteiger partial charge in [0.15, 0.2) is 0 Å². The van der Waals surface area contributed by atoms with Gasteiger partial charge < -0.3 is 10.2 Å². The second kappa shape index (κ2) is 10.3. The number of amides is 1. The number of halogens is 1. The Morgan fingerprint density at radius 1 is 0.829 bits per heavy atom. The van der Waals surface area contributed by atoms with Crippen LogP contribution in [0.1, 0.15) is 12.8 Å². The molecule has 0 saturated carbocycles. The van der Waals surface area contributed by atoms with Crippen molar-refractivity contribution >= 4 is 31.6 Å². The summed E-state index contributed by atoms with van der Waals surface area (Å²) in [6.07, 6.45) is 1.04. The third kappa shape index (κ3) is 5.72. The minimum absolute atomic E-state index is 0.0153. The molecule has 2 heterocycles. The number of hydrogen-bond acceptors (Lipinski definition) is 6. The van der Waals surface area contributed by atoms with Gasteiger partial charge in [-0.25, -0.2) is 21.2 Å². The van der Waals surface area contributed by atoms with Crippen molar-refractivity contribution in [1.82, 2.24) is 13.5 Å². The highest BCUT2D eigenvalue weighted by Gasteiger charge is 2.33. The molecular weight excluding hydrogens is 495 g/mol. The van der Waals surface area contributed by atoms with Crippen LogP contribution in [0.3, 0.4) is 0 Å². The van der Waals surface area contributed by atoms with Crippen molar-refractivity contribution in [2.75, 3.05) is 51.6 Å². The number of benzene rings is 2. The lowest BCUT2D eigenvalue weighted by molar-refractivity contribution is -0.120. The number of hydrogen-bond donors (Lipinski definition) is 1. The van der Waals surface area contributed by atoms with Crippen molar-refractivity contribution in [2.24, 2.45) is 5.92 Å². The van der Waals surface area contributed by atoms with E-state index >= 15 is 0 Å². The monoisotopic (exact) mass is 524 g/mol. The third-order valence-electron chi connectivity index (χ3n) is 6.43. The van der Waals surface area contributed by atoms with Gasteiger partial charge >= 0.3 is 0 Å². The zero-order valence-electron chi connectivity index (χ0n) is 19.4. The molecule has 2 aliphatic rings. The number of likely N-dealkylation sites (N-methyl/N-ethyl adjacent to an activating group) is 1. The lowest BCUT2D eigenvalue weighted by Crippen LogP contribution is -2.47. The average molecular weight is 525 g/mol. The largest absolute Gasteiger partial charge is 0.326 e. The summed E-state index contributed by atoms with van der Waals surface area (Å²) in [5.41, 5.74) is 0.436. The Labute approximate surface area is 205 Å². The van der Waals surface area contributed by atoms with E-state index in [4.69, 9.17) is 0 Å². The van der Waals surface area contributed by atoms with Crippen molar-refractivity contribution in [1.29, 1.82) is 0 Å². The van der Waals surface area contributed by atoms with Crippen LogP contribution >= 0.6 is 0 Å². The fourth-order valence-electron chi connectivity index (χ4n) is 4.26. The van der Waals surface area contributed by atoms with Crippen LogP contribution in [0.15, 0.2) is 58.3 Å². The first-order valence-corrected chi connectivity index (χ1v) is 14.3. The Balaban J connectivity index is 1.40. The van der Waals surface area contributed by atoms with Gasteiger partial charge in [0, 0.05) is 45.0 Å². The van der Waals surface area contributed by atoms with Crippen molar-refractivity contribution in [3.63, 3.8) is 0 Å². The molecule has 190 valence electrons. The number of carbonyl (C=O) groups is 1. The van der Waals surface area contributed by atoms with E-state index in [1.54, 1.807) is 0 Å². The molecule has 35 heavy (non-hydrogen) atoms. The summed E-state index contributed by atoms with van der Waals surface area (Å²) in [7, 11) is -5.50. The van der Waals surface area contributed by atoms with E-state index in [2.05, 4.69) is 10.2 Å². The molecule has 1 amide bonds. The molecule has 2 aromatic rings. The predicted octanol–water partition coefficient (Wildman–Crippen LogP) is 1.80. The van der Waals surface area contributed by atoms with E-state index in [1.165, 1.54) is 45.0 Å². The summed E-state index contributed by atoms with van der Waals surface area (Å²) >= 11 is 0. The number of piperidine rings is 1. The van der Waals surface area contributed by atoms with E-state index in [-0.39, 0.29) is 28.8 Å². The van der Waals surface area contributed by atoms with Gasteiger partial charge in [0.2, 0.25) is 26.0 Å². The Morgan fingerprint density at radius 3 is 1.97 bits per heavy atom. The Morgan fingerprint density at radius 2 is 1.37 bits per heavy atom. The molecule has 2 fully saturated rings. The molecule has 9 nitrogen and oxygen atoms in total. The minimum Gasteiger partial charge on any atom is -0.326 e. The topological polar surface area (TPSA) is 107 Å². The predicted molar refractivity (Wildman–Crippen MR) is 129 cm³/mol. The summed E-state index contributed by atoms with van der Waals surface area (Å²) in [6, 6.07) is 10.6. The second-order valence-electron chi connectivity index (χ2n) is 8.88. The molecule has 1 atom stereocenters. The first-order chi connectivity index (χ1) is 16.6. The Bertz CT molecular complexity index is 1260. The van der Waals surface area contributed by atoms with Gasteiger partial charge in [-0.3, -0.25) is 4.79 Å². The first kappa shape index (κ1) is 25.7. The van der Waals surface area contributed by atoms with Gasteiger partial charge in [-0.2, -0.15) is 8.61 Å². The van der Waals surface area contributed by atoms with E-state index in [0.29, 0.717) is 44.7 Å². The molecule has 0 aromatic heterocycles. The van der Waals surface area contributed by atoms with Crippen LogP contribution in [0.5, 0.6) is 0 Å². The summed E-state index contributed by atoms with van der Waals surface area (Å²) in [4.78, 5) is 15.1. The number of nitrogens with zero attached hydrogens (tertiary/aromatic N) is 3. The van der Waals surface area contributed by atoms with E-state index in [9.17, 15) is 26.0 Å². The van der Waals surface area contributed by atoms with Crippen molar-refractivity contribution in [2.45, 2.75) is 22.6 Å². The molecule has 2 aromatic carbocycles. The lowest BCUT2D eigenvalue weighted by Gasteiger charge is -2.31. The number of piperazine rings is 1. The maximum Gasteiger partial charge on any atom is 0.243 e. The second-order valence-corrected chi connectivity index (χ2v) is 12.8. The molecule has 2 saturated heterocycles. The van der Waals surface area contributed by atoms with Crippen molar-refractivity contribution in [3.8, 4) is 0 Å². The van der Waals surface area contributed by atoms with Crippen LogP contribution in [0.4, 0.5) is 10.1 Å². The van der Waals surface area contributed by atoms with Crippen LogP contribution in [0.2, 0.25) is 0 Å². The summed E-state index contributed by atoms with van der Waals surface area (Å²) < 4.78 is 67.5. The van der Waals surface area contributed by atoms with Crippen LogP contribution in [0, 0.1) is 11.7 Å². The molecule has 0 spiro atoms. The quantitative estimate of drug-likeness (QED) is 0.618. The molecule has 2 aliphatic heterocycles. The third-order valence-corrected chi connectivity index (χ3v) is 10.2. The average Bonchev–Trinajstić information content (AvgIpc) is 2.85. The van der Waals surface area contributed by atoms with Crippen molar-refractivity contribution in [3.05, 3.63) is 54.3 Å². The highest BCUT2D eigenvalue weighted by atomic mass is 32.2.